The number of benzene rings is 1. The number of piperidine rings is 1. The van der Waals surface area contributed by atoms with E-state index < -0.39 is 11.8 Å². The topological polar surface area (TPSA) is 88.6 Å². The number of rotatable bonds is 4. The molecule has 0 aromatic heterocycles. The van der Waals surface area contributed by atoms with Crippen LogP contribution in [0.2, 0.25) is 0 Å². The molecule has 1 aromatic carbocycles. The van der Waals surface area contributed by atoms with Crippen LogP contribution in [-0.4, -0.2) is 85.2 Å². The molecule has 3 aliphatic rings. The molecule has 2 amide bonds. The van der Waals surface area contributed by atoms with E-state index in [1.807, 2.05) is 18.2 Å². The van der Waals surface area contributed by atoms with Gasteiger partial charge in [-0.25, -0.2) is 0 Å². The molecule has 0 saturated carbocycles. The quantitative estimate of drug-likeness (QED) is 0.516. The molecule has 3 heterocycles. The highest BCUT2D eigenvalue weighted by Crippen LogP contribution is 2.32. The van der Waals surface area contributed by atoms with E-state index in [1.54, 1.807) is 11.8 Å². The molecule has 9 heteroatoms. The van der Waals surface area contributed by atoms with Crippen LogP contribution in [0.4, 0.5) is 0 Å². The maximum absolute atomic E-state index is 12.8. The number of carbonyl (C=O) groups excluding carboxylic acids is 3. The van der Waals surface area contributed by atoms with E-state index in [-0.39, 0.29) is 25.2 Å². The summed E-state index contributed by atoms with van der Waals surface area (Å²) in [7, 11) is 0. The standard InChI is InChI=1S/C22H29N3O6/c1-2-29-22(28)17-4-3-7-25(14-17)21(27)20(26)24-10-8-23(9-11-24)13-16-5-6-18-19(12-16)31-15-30-18/h5-6,12,17H,2-4,7-11,13-15H2,1H3. The lowest BCUT2D eigenvalue weighted by atomic mass is 9.98. The Kier molecular flexibility index (Phi) is 6.60. The second-order valence-electron chi connectivity index (χ2n) is 8.10. The van der Waals surface area contributed by atoms with Gasteiger partial charge in [0, 0.05) is 45.8 Å². The van der Waals surface area contributed by atoms with Gasteiger partial charge in [-0.1, -0.05) is 6.07 Å². The first kappa shape index (κ1) is 21.4. The minimum atomic E-state index is -0.516. The zero-order valence-corrected chi connectivity index (χ0v) is 17.9. The van der Waals surface area contributed by atoms with Gasteiger partial charge in [-0.05, 0) is 37.5 Å². The fourth-order valence-electron chi connectivity index (χ4n) is 4.29. The lowest BCUT2D eigenvalue weighted by Gasteiger charge is -2.36. The monoisotopic (exact) mass is 431 g/mol. The van der Waals surface area contributed by atoms with Crippen LogP contribution in [0, 0.1) is 5.92 Å². The van der Waals surface area contributed by atoms with Crippen LogP contribution in [0.1, 0.15) is 25.3 Å². The summed E-state index contributed by atoms with van der Waals surface area (Å²) in [5.41, 5.74) is 1.12. The van der Waals surface area contributed by atoms with Gasteiger partial charge in [-0.2, -0.15) is 0 Å². The van der Waals surface area contributed by atoms with Crippen LogP contribution in [0.15, 0.2) is 18.2 Å². The molecule has 2 fully saturated rings. The molecule has 0 N–H and O–H groups in total. The zero-order valence-electron chi connectivity index (χ0n) is 17.9. The van der Waals surface area contributed by atoms with E-state index >= 15 is 0 Å². The van der Waals surface area contributed by atoms with Crippen molar-refractivity contribution in [2.24, 2.45) is 5.92 Å². The number of piperazine rings is 1. The first-order valence-corrected chi connectivity index (χ1v) is 10.9. The van der Waals surface area contributed by atoms with E-state index in [1.165, 1.54) is 4.90 Å². The molecule has 4 rings (SSSR count). The van der Waals surface area contributed by atoms with Crippen molar-refractivity contribution < 1.29 is 28.6 Å². The maximum Gasteiger partial charge on any atom is 0.312 e. The fraction of sp³-hybridized carbons (Fsp3) is 0.591. The Morgan fingerprint density at radius 3 is 2.52 bits per heavy atom. The predicted octanol–water partition coefficient (Wildman–Crippen LogP) is 0.861. The lowest BCUT2D eigenvalue weighted by molar-refractivity contribution is -0.157. The molecule has 1 atom stereocenters. The number of amides is 2. The highest BCUT2D eigenvalue weighted by molar-refractivity contribution is 6.35. The normalized spacial score (nSPS) is 21.1. The van der Waals surface area contributed by atoms with E-state index in [0.29, 0.717) is 52.2 Å². The summed E-state index contributed by atoms with van der Waals surface area (Å²) in [6, 6.07) is 5.92. The zero-order chi connectivity index (χ0) is 21.8. The van der Waals surface area contributed by atoms with Gasteiger partial charge in [-0.15, -0.1) is 0 Å². The van der Waals surface area contributed by atoms with Crippen molar-refractivity contribution in [1.29, 1.82) is 0 Å². The van der Waals surface area contributed by atoms with Crippen molar-refractivity contribution in [3.63, 3.8) is 0 Å². The van der Waals surface area contributed by atoms with Crippen molar-refractivity contribution in [3.05, 3.63) is 23.8 Å². The number of esters is 1. The second kappa shape index (κ2) is 9.55. The van der Waals surface area contributed by atoms with Gasteiger partial charge >= 0.3 is 17.8 Å². The summed E-state index contributed by atoms with van der Waals surface area (Å²) in [4.78, 5) is 42.9. The van der Waals surface area contributed by atoms with Crippen molar-refractivity contribution >= 4 is 17.8 Å². The Morgan fingerprint density at radius 2 is 1.74 bits per heavy atom. The van der Waals surface area contributed by atoms with Gasteiger partial charge in [0.25, 0.3) is 0 Å². The molecule has 0 spiro atoms. The van der Waals surface area contributed by atoms with Gasteiger partial charge in [0.15, 0.2) is 11.5 Å². The Balaban J connectivity index is 1.26. The Morgan fingerprint density at radius 1 is 1.00 bits per heavy atom. The minimum absolute atomic E-state index is 0.255. The van der Waals surface area contributed by atoms with Crippen LogP contribution >= 0.6 is 0 Å². The molecule has 0 radical (unpaired) electrons. The molecule has 9 nitrogen and oxygen atoms in total. The van der Waals surface area contributed by atoms with Crippen molar-refractivity contribution in [2.45, 2.75) is 26.3 Å². The average molecular weight is 431 g/mol. The molecule has 2 saturated heterocycles. The third-order valence-electron chi connectivity index (χ3n) is 6.01. The number of hydrogen-bond donors (Lipinski definition) is 0. The van der Waals surface area contributed by atoms with Crippen LogP contribution < -0.4 is 9.47 Å². The summed E-state index contributed by atoms with van der Waals surface area (Å²) >= 11 is 0. The SMILES string of the molecule is CCOC(=O)C1CCCN(C(=O)C(=O)N2CCN(Cc3ccc4c(c3)OCO4)CC2)C1. The molecule has 3 aliphatic heterocycles. The molecule has 1 unspecified atom stereocenters. The first-order chi connectivity index (χ1) is 15.0. The summed E-state index contributed by atoms with van der Waals surface area (Å²) in [6.07, 6.45) is 1.39. The van der Waals surface area contributed by atoms with E-state index in [2.05, 4.69) is 4.90 Å². The summed E-state index contributed by atoms with van der Waals surface area (Å²) in [5, 5.41) is 0. The third-order valence-corrected chi connectivity index (χ3v) is 6.01. The molecular formula is C22H29N3O6. The molecule has 1 aromatic rings. The van der Waals surface area contributed by atoms with Crippen LogP contribution in [0.3, 0.4) is 0 Å². The molecule has 31 heavy (non-hydrogen) atoms. The van der Waals surface area contributed by atoms with Crippen LogP contribution in [0.25, 0.3) is 0 Å². The molecule has 168 valence electrons. The summed E-state index contributed by atoms with van der Waals surface area (Å²) in [6.45, 7) is 6.24. The first-order valence-electron chi connectivity index (χ1n) is 10.9. The van der Waals surface area contributed by atoms with Crippen molar-refractivity contribution in [1.82, 2.24) is 14.7 Å². The predicted molar refractivity (Wildman–Crippen MR) is 110 cm³/mol. The highest BCUT2D eigenvalue weighted by atomic mass is 16.7. The molecule has 0 aliphatic carbocycles. The summed E-state index contributed by atoms with van der Waals surface area (Å²) in [5.74, 6) is -0.0980. The molecule has 0 bridgehead atoms. The highest BCUT2D eigenvalue weighted by Gasteiger charge is 2.34. The fourth-order valence-corrected chi connectivity index (χ4v) is 4.29. The Labute approximate surface area is 181 Å². The largest absolute Gasteiger partial charge is 0.466 e. The number of carbonyl (C=O) groups is 3. The lowest BCUT2D eigenvalue weighted by Crippen LogP contribution is -2.54. The van der Waals surface area contributed by atoms with E-state index in [0.717, 1.165) is 23.6 Å². The van der Waals surface area contributed by atoms with Gasteiger partial charge in [-0.3, -0.25) is 19.3 Å². The van der Waals surface area contributed by atoms with E-state index in [4.69, 9.17) is 14.2 Å². The van der Waals surface area contributed by atoms with Crippen LogP contribution in [0.5, 0.6) is 11.5 Å². The van der Waals surface area contributed by atoms with Crippen molar-refractivity contribution in [2.75, 3.05) is 52.7 Å². The third kappa shape index (κ3) is 4.92. The smallest absolute Gasteiger partial charge is 0.312 e. The van der Waals surface area contributed by atoms with Gasteiger partial charge in [0.05, 0.1) is 12.5 Å². The average Bonchev–Trinajstić information content (AvgIpc) is 3.27. The number of fused-ring (bicyclic) bond motifs is 1. The minimum Gasteiger partial charge on any atom is -0.466 e. The van der Waals surface area contributed by atoms with Gasteiger partial charge in [0.2, 0.25) is 6.79 Å². The second-order valence-corrected chi connectivity index (χ2v) is 8.10. The Hall–Kier alpha value is -2.81. The number of ether oxygens (including phenoxy) is 3. The Bertz CT molecular complexity index is 837. The number of likely N-dealkylation sites (tertiary alicyclic amines) is 1. The summed E-state index contributed by atoms with van der Waals surface area (Å²) < 4.78 is 15.9. The van der Waals surface area contributed by atoms with Gasteiger partial charge in [0.1, 0.15) is 0 Å². The van der Waals surface area contributed by atoms with Gasteiger partial charge < -0.3 is 24.0 Å². The van der Waals surface area contributed by atoms with Crippen molar-refractivity contribution in [3.8, 4) is 11.5 Å². The number of nitrogens with zero attached hydrogens (tertiary/aromatic N) is 3. The number of hydrogen-bond acceptors (Lipinski definition) is 7. The molecular weight excluding hydrogens is 402 g/mol. The maximum atomic E-state index is 12.8. The van der Waals surface area contributed by atoms with E-state index in [9.17, 15) is 14.4 Å². The van der Waals surface area contributed by atoms with Crippen LogP contribution in [-0.2, 0) is 25.7 Å².